The van der Waals surface area contributed by atoms with E-state index in [9.17, 15) is 14.7 Å². The van der Waals surface area contributed by atoms with Crippen LogP contribution in [0.15, 0.2) is 0 Å². The Morgan fingerprint density at radius 2 is 1.94 bits per heavy atom. The van der Waals surface area contributed by atoms with Crippen LogP contribution >= 0.6 is 15.9 Å². The average Bonchev–Trinajstić information content (AvgIpc) is 2.53. The van der Waals surface area contributed by atoms with E-state index in [1.54, 1.807) is 21.0 Å². The van der Waals surface area contributed by atoms with Crippen molar-refractivity contribution in [2.75, 3.05) is 19.4 Å². The van der Waals surface area contributed by atoms with Gasteiger partial charge in [-0.1, -0.05) is 29.8 Å². The lowest BCUT2D eigenvalue weighted by Gasteiger charge is -2.44. The molecule has 0 saturated heterocycles. The number of aliphatic carboxylic acids is 1. The summed E-state index contributed by atoms with van der Waals surface area (Å²) < 4.78 is 0. The molecule has 1 aliphatic rings. The van der Waals surface area contributed by atoms with E-state index >= 15 is 0 Å². The van der Waals surface area contributed by atoms with Gasteiger partial charge in [0.05, 0.1) is 0 Å². The maximum absolute atomic E-state index is 12.1. The lowest BCUT2D eigenvalue weighted by molar-refractivity contribution is -0.322. The second-order valence-corrected chi connectivity index (χ2v) is 6.06. The molecule has 1 fully saturated rings. The van der Waals surface area contributed by atoms with Crippen molar-refractivity contribution in [2.45, 2.75) is 26.7 Å². The molecule has 0 unspecified atom stereocenters. The zero-order chi connectivity index (χ0) is 13.4. The fourth-order valence-electron chi connectivity index (χ4n) is 2.71. The number of amides is 1. The molecule has 0 aliphatic heterocycles. The van der Waals surface area contributed by atoms with Gasteiger partial charge in [0.2, 0.25) is 5.91 Å². The standard InChI is InChI=1S/C12H20BrNO3/c1-11(10(16)17)6-5-8(9(15)14(3)4)12(11,2)7-13/h8H,5-7H2,1-4H3,(H,16,17)/p-1/t8-,11-,12+/m0/s1. The maximum Gasteiger partial charge on any atom is 0.225 e. The highest BCUT2D eigenvalue weighted by atomic mass is 79.9. The van der Waals surface area contributed by atoms with E-state index in [0.717, 1.165) is 0 Å². The van der Waals surface area contributed by atoms with Crippen molar-refractivity contribution in [1.29, 1.82) is 0 Å². The van der Waals surface area contributed by atoms with Gasteiger partial charge in [-0.05, 0) is 18.3 Å². The molecule has 0 heterocycles. The van der Waals surface area contributed by atoms with Crippen LogP contribution in [0.4, 0.5) is 0 Å². The fourth-order valence-corrected chi connectivity index (χ4v) is 3.71. The Balaban J connectivity index is 3.15. The first-order valence-corrected chi connectivity index (χ1v) is 6.81. The average molecular weight is 305 g/mol. The van der Waals surface area contributed by atoms with E-state index in [4.69, 9.17) is 0 Å². The van der Waals surface area contributed by atoms with Crippen LogP contribution in [0.1, 0.15) is 26.7 Å². The van der Waals surface area contributed by atoms with E-state index in [1.807, 2.05) is 6.92 Å². The molecule has 0 bridgehead atoms. The Bertz CT molecular complexity index is 345. The summed E-state index contributed by atoms with van der Waals surface area (Å²) in [6.07, 6.45) is 1.09. The van der Waals surface area contributed by atoms with Gasteiger partial charge < -0.3 is 14.8 Å². The number of carbonyl (C=O) groups is 2. The van der Waals surface area contributed by atoms with E-state index in [2.05, 4.69) is 15.9 Å². The normalized spacial score (nSPS) is 36.9. The highest BCUT2D eigenvalue weighted by Gasteiger charge is 2.57. The first kappa shape index (κ1) is 14.5. The zero-order valence-corrected chi connectivity index (χ0v) is 12.3. The second-order valence-electron chi connectivity index (χ2n) is 5.49. The van der Waals surface area contributed by atoms with Gasteiger partial charge in [-0.25, -0.2) is 0 Å². The molecule has 17 heavy (non-hydrogen) atoms. The topological polar surface area (TPSA) is 60.4 Å². The Kier molecular flexibility index (Phi) is 3.91. The predicted octanol–water partition coefficient (Wildman–Crippen LogP) is 0.642. The second kappa shape index (κ2) is 4.59. The van der Waals surface area contributed by atoms with E-state index in [-0.39, 0.29) is 11.8 Å². The Hall–Kier alpha value is -0.580. The summed E-state index contributed by atoms with van der Waals surface area (Å²) in [6.45, 7) is 3.54. The summed E-state index contributed by atoms with van der Waals surface area (Å²) in [5.41, 5.74) is -1.56. The smallest absolute Gasteiger partial charge is 0.225 e. The first-order chi connectivity index (χ1) is 7.70. The van der Waals surface area contributed by atoms with Crippen LogP contribution in [0.2, 0.25) is 0 Å². The van der Waals surface area contributed by atoms with Gasteiger partial charge in [0.15, 0.2) is 0 Å². The number of nitrogens with zero attached hydrogens (tertiary/aromatic N) is 1. The van der Waals surface area contributed by atoms with Crippen LogP contribution in [0.25, 0.3) is 0 Å². The summed E-state index contributed by atoms with van der Waals surface area (Å²) in [7, 11) is 3.40. The van der Waals surface area contributed by atoms with Crippen LogP contribution < -0.4 is 5.11 Å². The Labute approximate surface area is 110 Å². The van der Waals surface area contributed by atoms with Crippen molar-refractivity contribution in [3.63, 3.8) is 0 Å². The maximum atomic E-state index is 12.1. The SMILES string of the molecule is CN(C)C(=O)[C@@H]1CC[C@@](C)(C(=O)[O-])[C@]1(C)CBr. The molecular formula is C12H19BrNO3-. The molecule has 4 nitrogen and oxygen atoms in total. The minimum absolute atomic E-state index is 0.00285. The highest BCUT2D eigenvalue weighted by Crippen LogP contribution is 2.57. The minimum Gasteiger partial charge on any atom is -0.550 e. The van der Waals surface area contributed by atoms with E-state index in [0.29, 0.717) is 18.2 Å². The monoisotopic (exact) mass is 304 g/mol. The first-order valence-electron chi connectivity index (χ1n) is 5.69. The molecule has 3 atom stereocenters. The van der Waals surface area contributed by atoms with Crippen LogP contribution in [-0.4, -0.2) is 36.2 Å². The van der Waals surface area contributed by atoms with Gasteiger partial charge in [-0.3, -0.25) is 4.79 Å². The van der Waals surface area contributed by atoms with Gasteiger partial charge >= 0.3 is 0 Å². The fraction of sp³-hybridized carbons (Fsp3) is 0.833. The Morgan fingerprint density at radius 3 is 2.29 bits per heavy atom. The van der Waals surface area contributed by atoms with Gasteiger partial charge in [-0.2, -0.15) is 0 Å². The molecule has 0 aromatic rings. The molecule has 1 aliphatic carbocycles. The molecule has 0 N–H and O–H groups in total. The minimum atomic E-state index is -1.06. The number of carbonyl (C=O) groups excluding carboxylic acids is 2. The van der Waals surface area contributed by atoms with Crippen LogP contribution in [0, 0.1) is 16.7 Å². The summed E-state index contributed by atoms with van der Waals surface area (Å²) in [6, 6.07) is 0. The van der Waals surface area contributed by atoms with Gasteiger partial charge in [0.1, 0.15) is 0 Å². The van der Waals surface area contributed by atoms with Gasteiger partial charge in [-0.15, -0.1) is 0 Å². The lowest BCUT2D eigenvalue weighted by atomic mass is 9.65. The number of hydrogen-bond acceptors (Lipinski definition) is 3. The molecule has 0 aromatic carbocycles. The number of carboxylic acids is 1. The van der Waals surface area contributed by atoms with Gasteiger partial charge in [0.25, 0.3) is 0 Å². The van der Waals surface area contributed by atoms with Crippen molar-refractivity contribution in [3.8, 4) is 0 Å². The molecular weight excluding hydrogens is 286 g/mol. The number of rotatable bonds is 3. The lowest BCUT2D eigenvalue weighted by Crippen LogP contribution is -2.52. The number of carboxylic acid groups (broad SMARTS) is 1. The van der Waals surface area contributed by atoms with Crippen molar-refractivity contribution in [2.24, 2.45) is 16.7 Å². The van der Waals surface area contributed by atoms with Crippen LogP contribution in [0.5, 0.6) is 0 Å². The third-order valence-corrected chi connectivity index (χ3v) is 5.59. The third kappa shape index (κ3) is 1.98. The molecule has 0 radical (unpaired) electrons. The quantitative estimate of drug-likeness (QED) is 0.719. The highest BCUT2D eigenvalue weighted by molar-refractivity contribution is 9.09. The number of halogens is 1. The van der Waals surface area contributed by atoms with Crippen LogP contribution in [-0.2, 0) is 9.59 Å². The van der Waals surface area contributed by atoms with Gasteiger partial charge in [0, 0.05) is 36.7 Å². The van der Waals surface area contributed by atoms with Crippen molar-refractivity contribution in [1.82, 2.24) is 4.90 Å². The number of hydrogen-bond donors (Lipinski definition) is 0. The molecule has 0 spiro atoms. The summed E-state index contributed by atoms with van der Waals surface area (Å²) in [5, 5.41) is 11.9. The summed E-state index contributed by atoms with van der Waals surface area (Å²) >= 11 is 3.37. The summed E-state index contributed by atoms with van der Waals surface area (Å²) in [4.78, 5) is 25.0. The van der Waals surface area contributed by atoms with Crippen molar-refractivity contribution < 1.29 is 14.7 Å². The van der Waals surface area contributed by atoms with Crippen LogP contribution in [0.3, 0.4) is 0 Å². The van der Waals surface area contributed by atoms with Crippen molar-refractivity contribution in [3.05, 3.63) is 0 Å². The Morgan fingerprint density at radius 1 is 1.41 bits per heavy atom. The van der Waals surface area contributed by atoms with E-state index in [1.165, 1.54) is 4.90 Å². The number of alkyl halides is 1. The van der Waals surface area contributed by atoms with E-state index < -0.39 is 16.8 Å². The molecule has 98 valence electrons. The zero-order valence-electron chi connectivity index (χ0n) is 10.7. The molecule has 1 saturated carbocycles. The molecule has 1 rings (SSSR count). The molecule has 0 aromatic heterocycles. The largest absolute Gasteiger partial charge is 0.550 e. The predicted molar refractivity (Wildman–Crippen MR) is 66.4 cm³/mol. The summed E-state index contributed by atoms with van der Waals surface area (Å²) in [5.74, 6) is -1.33. The molecule has 1 amide bonds. The molecule has 5 heteroatoms. The van der Waals surface area contributed by atoms with Crippen molar-refractivity contribution >= 4 is 27.8 Å². The third-order valence-electron chi connectivity index (χ3n) is 4.43.